The largest absolute Gasteiger partial charge is 0.493 e. The van der Waals surface area contributed by atoms with Crippen LogP contribution in [0.2, 0.25) is 0 Å². The third-order valence-electron chi connectivity index (χ3n) is 5.46. The van der Waals surface area contributed by atoms with Crippen LogP contribution in [0.25, 0.3) is 0 Å². The molecule has 3 aromatic rings. The van der Waals surface area contributed by atoms with Crippen molar-refractivity contribution in [3.63, 3.8) is 0 Å². The second kappa shape index (κ2) is 11.7. The molecule has 0 aromatic heterocycles. The van der Waals surface area contributed by atoms with E-state index in [0.717, 1.165) is 11.3 Å². The third-order valence-corrected chi connectivity index (χ3v) is 5.46. The Kier molecular flexibility index (Phi) is 8.51. The smallest absolute Gasteiger partial charge is 0.251 e. The Balaban J connectivity index is 1.54. The summed E-state index contributed by atoms with van der Waals surface area (Å²) in [5.74, 6) is 1.13. The number of carbonyl (C=O) groups is 2. The molecule has 1 amide bonds. The molecule has 3 rings (SSSR count). The molecule has 0 saturated carbocycles. The molecule has 3 aromatic carbocycles. The first-order chi connectivity index (χ1) is 16.5. The van der Waals surface area contributed by atoms with Crippen LogP contribution in [-0.4, -0.2) is 39.6 Å². The van der Waals surface area contributed by atoms with Crippen molar-refractivity contribution >= 4 is 17.4 Å². The Morgan fingerprint density at radius 3 is 2.00 bits per heavy atom. The normalized spacial score (nSPS) is 11.3. The number of benzene rings is 3. The van der Waals surface area contributed by atoms with Gasteiger partial charge in [0.1, 0.15) is 0 Å². The quantitative estimate of drug-likeness (QED) is 0.395. The third kappa shape index (κ3) is 6.07. The standard InChI is InChI=1S/C27H30N2O5/c1-18(19-8-6-5-7-9-19)29-27(31)20-10-12-22(13-11-20)28-15-14-23(30)21-16-24(32-2)26(34-4)25(17-21)33-3/h5-13,16-18,28H,14-15H2,1-4H3,(H,29,31)/t18-/m0/s1. The molecule has 0 heterocycles. The molecule has 7 heteroatoms. The Morgan fingerprint density at radius 2 is 1.44 bits per heavy atom. The van der Waals surface area contributed by atoms with Crippen LogP contribution in [0.15, 0.2) is 66.7 Å². The molecule has 0 radical (unpaired) electrons. The zero-order valence-corrected chi connectivity index (χ0v) is 19.9. The van der Waals surface area contributed by atoms with Gasteiger partial charge < -0.3 is 24.8 Å². The van der Waals surface area contributed by atoms with Gasteiger partial charge in [-0.05, 0) is 48.9 Å². The number of rotatable bonds is 11. The van der Waals surface area contributed by atoms with Gasteiger partial charge in [-0.15, -0.1) is 0 Å². The van der Waals surface area contributed by atoms with Crippen LogP contribution in [-0.2, 0) is 0 Å². The minimum absolute atomic E-state index is 0.0577. The highest BCUT2D eigenvalue weighted by atomic mass is 16.5. The number of carbonyl (C=O) groups excluding carboxylic acids is 2. The van der Waals surface area contributed by atoms with Crippen LogP contribution in [0.1, 0.15) is 45.7 Å². The average molecular weight is 463 g/mol. The van der Waals surface area contributed by atoms with E-state index in [0.29, 0.717) is 34.9 Å². The van der Waals surface area contributed by atoms with Crippen molar-refractivity contribution in [2.24, 2.45) is 0 Å². The van der Waals surface area contributed by atoms with Gasteiger partial charge in [0.05, 0.1) is 27.4 Å². The van der Waals surface area contributed by atoms with Crippen molar-refractivity contribution in [1.29, 1.82) is 0 Å². The first kappa shape index (κ1) is 24.6. The summed E-state index contributed by atoms with van der Waals surface area (Å²) in [7, 11) is 4.54. The van der Waals surface area contributed by atoms with Crippen molar-refractivity contribution in [1.82, 2.24) is 5.32 Å². The highest BCUT2D eigenvalue weighted by molar-refractivity contribution is 5.97. The van der Waals surface area contributed by atoms with E-state index in [1.807, 2.05) is 49.4 Å². The second-order valence-electron chi connectivity index (χ2n) is 7.70. The lowest BCUT2D eigenvalue weighted by Crippen LogP contribution is -2.26. The van der Waals surface area contributed by atoms with E-state index in [1.165, 1.54) is 21.3 Å². The maximum absolute atomic E-state index is 12.7. The van der Waals surface area contributed by atoms with Crippen molar-refractivity contribution in [3.05, 3.63) is 83.4 Å². The topological polar surface area (TPSA) is 85.9 Å². The number of hydrogen-bond donors (Lipinski definition) is 2. The highest BCUT2D eigenvalue weighted by Gasteiger charge is 2.17. The Morgan fingerprint density at radius 1 is 0.824 bits per heavy atom. The van der Waals surface area contributed by atoms with Crippen molar-refractivity contribution < 1.29 is 23.8 Å². The number of anilines is 1. The lowest BCUT2D eigenvalue weighted by Gasteiger charge is -2.15. The van der Waals surface area contributed by atoms with Gasteiger partial charge in [0.15, 0.2) is 17.3 Å². The number of ketones is 1. The molecule has 0 aliphatic heterocycles. The van der Waals surface area contributed by atoms with E-state index >= 15 is 0 Å². The van der Waals surface area contributed by atoms with Crippen LogP contribution in [0.3, 0.4) is 0 Å². The van der Waals surface area contributed by atoms with Crippen LogP contribution in [0.5, 0.6) is 17.2 Å². The summed E-state index contributed by atoms with van der Waals surface area (Å²) >= 11 is 0. The Labute approximate surface area is 200 Å². The molecule has 0 saturated heterocycles. The van der Waals surface area contributed by atoms with Crippen molar-refractivity contribution in [3.8, 4) is 17.2 Å². The van der Waals surface area contributed by atoms with Gasteiger partial charge in [0.25, 0.3) is 5.91 Å². The molecule has 7 nitrogen and oxygen atoms in total. The molecule has 0 fully saturated rings. The lowest BCUT2D eigenvalue weighted by molar-refractivity contribution is 0.0938. The van der Waals surface area contributed by atoms with E-state index in [1.54, 1.807) is 24.3 Å². The van der Waals surface area contributed by atoms with Crippen LogP contribution >= 0.6 is 0 Å². The summed E-state index contributed by atoms with van der Waals surface area (Å²) in [4.78, 5) is 25.2. The number of Topliss-reactive ketones (excluding diaryl/α,β-unsaturated/α-hetero) is 1. The average Bonchev–Trinajstić information content (AvgIpc) is 2.88. The molecule has 1 atom stereocenters. The molecule has 0 unspecified atom stereocenters. The lowest BCUT2D eigenvalue weighted by atomic mass is 10.1. The van der Waals surface area contributed by atoms with Crippen molar-refractivity contribution in [2.45, 2.75) is 19.4 Å². The zero-order valence-electron chi connectivity index (χ0n) is 19.9. The zero-order chi connectivity index (χ0) is 24.5. The fourth-order valence-corrected chi connectivity index (χ4v) is 3.55. The van der Waals surface area contributed by atoms with Gasteiger partial charge in [-0.25, -0.2) is 0 Å². The minimum atomic E-state index is -0.138. The van der Waals surface area contributed by atoms with E-state index in [9.17, 15) is 9.59 Å². The number of amides is 1. The van der Waals surface area contributed by atoms with E-state index in [2.05, 4.69) is 10.6 Å². The summed E-state index contributed by atoms with van der Waals surface area (Å²) in [6.45, 7) is 2.39. The van der Waals surface area contributed by atoms with Gasteiger partial charge in [0, 0.05) is 29.8 Å². The van der Waals surface area contributed by atoms with E-state index in [4.69, 9.17) is 14.2 Å². The first-order valence-corrected chi connectivity index (χ1v) is 11.0. The maximum atomic E-state index is 12.7. The molecular weight excluding hydrogens is 432 g/mol. The number of nitrogens with one attached hydrogen (secondary N) is 2. The maximum Gasteiger partial charge on any atom is 0.251 e. The number of ether oxygens (including phenoxy) is 3. The summed E-state index contributed by atoms with van der Waals surface area (Å²) in [6, 6.07) is 20.2. The molecule has 0 aliphatic rings. The summed E-state index contributed by atoms with van der Waals surface area (Å²) < 4.78 is 15.9. The molecule has 0 bridgehead atoms. The molecule has 178 valence electrons. The van der Waals surface area contributed by atoms with Gasteiger partial charge in [-0.2, -0.15) is 0 Å². The first-order valence-electron chi connectivity index (χ1n) is 11.0. The van der Waals surface area contributed by atoms with Gasteiger partial charge in [0.2, 0.25) is 5.75 Å². The number of hydrogen-bond acceptors (Lipinski definition) is 6. The molecule has 0 aliphatic carbocycles. The SMILES string of the molecule is COc1cc(C(=O)CCNc2ccc(C(=O)N[C@@H](C)c3ccccc3)cc2)cc(OC)c1OC. The van der Waals surface area contributed by atoms with Gasteiger partial charge in [-0.1, -0.05) is 30.3 Å². The summed E-state index contributed by atoms with van der Waals surface area (Å²) in [5, 5.41) is 6.22. The molecular formula is C27H30N2O5. The monoisotopic (exact) mass is 462 g/mol. The predicted octanol–water partition coefficient (Wildman–Crippen LogP) is 4.89. The highest BCUT2D eigenvalue weighted by Crippen LogP contribution is 2.38. The summed E-state index contributed by atoms with van der Waals surface area (Å²) in [5.41, 5.74) is 2.92. The molecule has 34 heavy (non-hydrogen) atoms. The van der Waals surface area contributed by atoms with Crippen molar-refractivity contribution in [2.75, 3.05) is 33.2 Å². The molecule has 0 spiro atoms. The van der Waals surface area contributed by atoms with Gasteiger partial charge >= 0.3 is 0 Å². The molecule has 2 N–H and O–H groups in total. The Bertz CT molecular complexity index is 1090. The van der Waals surface area contributed by atoms with E-state index < -0.39 is 0 Å². The van der Waals surface area contributed by atoms with Crippen LogP contribution in [0, 0.1) is 0 Å². The van der Waals surface area contributed by atoms with Gasteiger partial charge in [-0.3, -0.25) is 9.59 Å². The van der Waals surface area contributed by atoms with Crippen LogP contribution < -0.4 is 24.8 Å². The summed E-state index contributed by atoms with van der Waals surface area (Å²) in [6.07, 6.45) is 0.273. The fourth-order valence-electron chi connectivity index (χ4n) is 3.55. The second-order valence-corrected chi connectivity index (χ2v) is 7.70. The fraction of sp³-hybridized carbons (Fsp3) is 0.259. The predicted molar refractivity (Wildman–Crippen MR) is 132 cm³/mol. The van der Waals surface area contributed by atoms with Crippen LogP contribution in [0.4, 0.5) is 5.69 Å². The minimum Gasteiger partial charge on any atom is -0.493 e. The van der Waals surface area contributed by atoms with E-state index in [-0.39, 0.29) is 24.2 Å². The Hall–Kier alpha value is -4.00. The number of methoxy groups -OCH3 is 3.